The van der Waals surface area contributed by atoms with Gasteiger partial charge >= 0.3 is 0 Å². The molecule has 0 aliphatic rings. The highest BCUT2D eigenvalue weighted by atomic mass is 32.2. The Morgan fingerprint density at radius 1 is 1.18 bits per heavy atom. The summed E-state index contributed by atoms with van der Waals surface area (Å²) in [5.41, 5.74) is 8.53. The second-order valence-electron chi connectivity index (χ2n) is 4.15. The van der Waals surface area contributed by atoms with Crippen LogP contribution in [0.15, 0.2) is 23.1 Å². The molecule has 2 nitrogen and oxygen atoms in total. The molecule has 0 aliphatic carbocycles. The molecule has 0 amide bonds. The highest BCUT2D eigenvalue weighted by Gasteiger charge is 2.11. The third kappa shape index (κ3) is 3.65. The van der Waals surface area contributed by atoms with Crippen molar-refractivity contribution in [3.8, 4) is 0 Å². The summed E-state index contributed by atoms with van der Waals surface area (Å²) >= 11 is 1.78. The second-order valence-corrected chi connectivity index (χ2v) is 5.00. The van der Waals surface area contributed by atoms with Crippen molar-refractivity contribution in [1.82, 2.24) is 0 Å². The zero-order valence-corrected chi connectivity index (χ0v) is 12.0. The van der Waals surface area contributed by atoms with Crippen molar-refractivity contribution in [3.05, 3.63) is 23.8 Å². The first kappa shape index (κ1) is 14.4. The maximum absolute atomic E-state index is 5.92. The fourth-order valence-electron chi connectivity index (χ4n) is 2.14. The molecule has 0 atom stereocenters. The number of thioether (sulfide) groups is 1. The standard InChI is InChI=1S/C14H24N2S/c1-4-9-16(10-5-2)13-7-6-8-14(17-3)12(13)11-15/h6-8H,4-5,9-11,15H2,1-3H3. The van der Waals surface area contributed by atoms with E-state index in [0.29, 0.717) is 6.54 Å². The number of nitrogens with zero attached hydrogens (tertiary/aromatic N) is 1. The summed E-state index contributed by atoms with van der Waals surface area (Å²) in [5.74, 6) is 0. The van der Waals surface area contributed by atoms with Gasteiger partial charge in [-0.15, -0.1) is 11.8 Å². The van der Waals surface area contributed by atoms with Gasteiger partial charge in [0.15, 0.2) is 0 Å². The average Bonchev–Trinajstić information content (AvgIpc) is 2.37. The van der Waals surface area contributed by atoms with Crippen LogP contribution in [0, 0.1) is 0 Å². The van der Waals surface area contributed by atoms with Gasteiger partial charge in [0.2, 0.25) is 0 Å². The van der Waals surface area contributed by atoms with E-state index in [1.165, 1.54) is 29.0 Å². The van der Waals surface area contributed by atoms with Crippen LogP contribution in [0.4, 0.5) is 5.69 Å². The molecule has 0 aromatic heterocycles. The molecule has 0 fully saturated rings. The predicted molar refractivity (Wildman–Crippen MR) is 78.9 cm³/mol. The lowest BCUT2D eigenvalue weighted by molar-refractivity contribution is 0.738. The fourth-order valence-corrected chi connectivity index (χ4v) is 2.79. The van der Waals surface area contributed by atoms with Gasteiger partial charge in [-0.25, -0.2) is 0 Å². The summed E-state index contributed by atoms with van der Waals surface area (Å²) in [6.07, 6.45) is 4.46. The van der Waals surface area contributed by atoms with E-state index < -0.39 is 0 Å². The van der Waals surface area contributed by atoms with Gasteiger partial charge in [-0.2, -0.15) is 0 Å². The molecule has 0 bridgehead atoms. The van der Waals surface area contributed by atoms with Crippen molar-refractivity contribution in [2.24, 2.45) is 5.73 Å². The molecule has 1 aromatic rings. The molecule has 3 heteroatoms. The highest BCUT2D eigenvalue weighted by Crippen LogP contribution is 2.29. The molecule has 17 heavy (non-hydrogen) atoms. The van der Waals surface area contributed by atoms with Crippen molar-refractivity contribution in [1.29, 1.82) is 0 Å². The van der Waals surface area contributed by atoms with E-state index in [1.54, 1.807) is 11.8 Å². The Morgan fingerprint density at radius 3 is 2.29 bits per heavy atom. The summed E-state index contributed by atoms with van der Waals surface area (Å²) < 4.78 is 0. The Labute approximate surface area is 110 Å². The number of nitrogens with two attached hydrogens (primary N) is 1. The monoisotopic (exact) mass is 252 g/mol. The average molecular weight is 252 g/mol. The van der Waals surface area contributed by atoms with Crippen LogP contribution in [0.3, 0.4) is 0 Å². The van der Waals surface area contributed by atoms with E-state index in [1.807, 2.05) is 0 Å². The summed E-state index contributed by atoms with van der Waals surface area (Å²) in [7, 11) is 0. The van der Waals surface area contributed by atoms with Gasteiger partial charge in [-0.1, -0.05) is 19.9 Å². The highest BCUT2D eigenvalue weighted by molar-refractivity contribution is 7.98. The third-order valence-corrected chi connectivity index (χ3v) is 3.68. The molecule has 0 heterocycles. The minimum atomic E-state index is 0.621. The van der Waals surface area contributed by atoms with Crippen molar-refractivity contribution in [3.63, 3.8) is 0 Å². The largest absolute Gasteiger partial charge is 0.371 e. The zero-order valence-electron chi connectivity index (χ0n) is 11.2. The predicted octanol–water partition coefficient (Wildman–Crippen LogP) is 3.49. The van der Waals surface area contributed by atoms with Crippen LogP contribution in [0.5, 0.6) is 0 Å². The summed E-state index contributed by atoms with van der Waals surface area (Å²) in [4.78, 5) is 3.77. The van der Waals surface area contributed by atoms with Crippen LogP contribution < -0.4 is 10.6 Å². The van der Waals surface area contributed by atoms with Gasteiger partial charge in [0.25, 0.3) is 0 Å². The van der Waals surface area contributed by atoms with Gasteiger partial charge < -0.3 is 10.6 Å². The molecule has 0 saturated heterocycles. The Kier molecular flexibility index (Phi) is 6.45. The van der Waals surface area contributed by atoms with Gasteiger partial charge in [-0.05, 0) is 31.2 Å². The number of anilines is 1. The Morgan fingerprint density at radius 2 is 1.82 bits per heavy atom. The van der Waals surface area contributed by atoms with Gasteiger partial charge in [0.05, 0.1) is 0 Å². The Bertz CT molecular complexity index is 333. The molecular formula is C14H24N2S. The first-order chi connectivity index (χ1) is 8.28. The van der Waals surface area contributed by atoms with Crippen LogP contribution >= 0.6 is 11.8 Å². The first-order valence-electron chi connectivity index (χ1n) is 6.39. The van der Waals surface area contributed by atoms with Crippen LogP contribution in [0.1, 0.15) is 32.3 Å². The van der Waals surface area contributed by atoms with E-state index in [9.17, 15) is 0 Å². The quantitative estimate of drug-likeness (QED) is 0.753. The van der Waals surface area contributed by atoms with Crippen LogP contribution in [0.25, 0.3) is 0 Å². The lowest BCUT2D eigenvalue weighted by Crippen LogP contribution is -2.26. The normalized spacial score (nSPS) is 10.6. The maximum atomic E-state index is 5.92. The molecule has 96 valence electrons. The second kappa shape index (κ2) is 7.62. The van der Waals surface area contributed by atoms with Crippen molar-refractivity contribution in [2.75, 3.05) is 24.2 Å². The minimum Gasteiger partial charge on any atom is -0.371 e. The van der Waals surface area contributed by atoms with Crippen LogP contribution in [0.2, 0.25) is 0 Å². The molecular weight excluding hydrogens is 228 g/mol. The van der Waals surface area contributed by atoms with E-state index in [4.69, 9.17) is 5.73 Å². The summed E-state index contributed by atoms with van der Waals surface area (Å²) in [6.45, 7) is 7.29. The lowest BCUT2D eigenvalue weighted by atomic mass is 10.1. The maximum Gasteiger partial charge on any atom is 0.0423 e. The van der Waals surface area contributed by atoms with E-state index in [-0.39, 0.29) is 0 Å². The number of rotatable bonds is 7. The Hall–Kier alpha value is -0.670. The molecule has 0 aliphatic heterocycles. The molecule has 1 rings (SSSR count). The van der Waals surface area contributed by atoms with Gasteiger partial charge in [-0.3, -0.25) is 0 Å². The van der Waals surface area contributed by atoms with E-state index in [0.717, 1.165) is 13.1 Å². The minimum absolute atomic E-state index is 0.621. The fraction of sp³-hybridized carbons (Fsp3) is 0.571. The van der Waals surface area contributed by atoms with Gasteiger partial charge in [0, 0.05) is 35.8 Å². The molecule has 0 radical (unpaired) electrons. The van der Waals surface area contributed by atoms with E-state index in [2.05, 4.69) is 43.2 Å². The first-order valence-corrected chi connectivity index (χ1v) is 7.61. The third-order valence-electron chi connectivity index (χ3n) is 2.86. The molecule has 0 spiro atoms. The number of hydrogen-bond donors (Lipinski definition) is 1. The SMILES string of the molecule is CCCN(CCC)c1cccc(SC)c1CN. The van der Waals surface area contributed by atoms with Crippen LogP contribution in [-0.4, -0.2) is 19.3 Å². The van der Waals surface area contributed by atoms with E-state index >= 15 is 0 Å². The smallest absolute Gasteiger partial charge is 0.0423 e. The molecule has 2 N–H and O–H groups in total. The summed E-state index contributed by atoms with van der Waals surface area (Å²) in [5, 5.41) is 0. The van der Waals surface area contributed by atoms with Gasteiger partial charge in [0.1, 0.15) is 0 Å². The summed E-state index contributed by atoms with van der Waals surface area (Å²) in [6, 6.07) is 6.50. The Balaban J connectivity index is 3.07. The van der Waals surface area contributed by atoms with Crippen molar-refractivity contribution >= 4 is 17.4 Å². The zero-order chi connectivity index (χ0) is 12.7. The lowest BCUT2D eigenvalue weighted by Gasteiger charge is -2.27. The molecule has 0 unspecified atom stereocenters. The molecule has 0 saturated carbocycles. The topological polar surface area (TPSA) is 29.3 Å². The van der Waals surface area contributed by atoms with Crippen molar-refractivity contribution in [2.45, 2.75) is 38.1 Å². The van der Waals surface area contributed by atoms with Crippen LogP contribution in [-0.2, 0) is 6.54 Å². The number of hydrogen-bond acceptors (Lipinski definition) is 3. The van der Waals surface area contributed by atoms with Crippen molar-refractivity contribution < 1.29 is 0 Å². The number of benzene rings is 1. The molecule has 1 aromatic carbocycles.